The molecule has 0 atom stereocenters. The number of nitrogens with zero attached hydrogens (tertiary/aromatic N) is 2. The first-order valence-electron chi connectivity index (χ1n) is 6.29. The van der Waals surface area contributed by atoms with Crippen LogP contribution in [-0.4, -0.2) is 32.8 Å². The van der Waals surface area contributed by atoms with Gasteiger partial charge in [-0.25, -0.2) is 9.78 Å². The highest BCUT2D eigenvalue weighted by Gasteiger charge is 2.11. The van der Waals surface area contributed by atoms with E-state index in [4.69, 9.17) is 10.8 Å². The minimum absolute atomic E-state index is 0.128. The molecule has 1 aromatic carbocycles. The molecular weight excluding hydrogens is 258 g/mol. The van der Waals surface area contributed by atoms with Gasteiger partial charge in [0.2, 0.25) is 0 Å². The van der Waals surface area contributed by atoms with Crippen molar-refractivity contribution in [3.05, 3.63) is 35.4 Å². The van der Waals surface area contributed by atoms with Gasteiger partial charge in [-0.1, -0.05) is 0 Å². The molecule has 0 bridgehead atoms. The summed E-state index contributed by atoms with van der Waals surface area (Å²) in [6.45, 7) is 2.50. The number of aromatic amines is 1. The topological polar surface area (TPSA) is 117 Å². The summed E-state index contributed by atoms with van der Waals surface area (Å²) < 4.78 is 0. The van der Waals surface area contributed by atoms with Crippen LogP contribution < -0.4 is 11.1 Å². The molecule has 106 valence electrons. The number of carboxylic acid groups (broad SMARTS) is 1. The van der Waals surface area contributed by atoms with Gasteiger partial charge in [0, 0.05) is 24.3 Å². The fourth-order valence-electron chi connectivity index (χ4n) is 1.92. The van der Waals surface area contributed by atoms with E-state index in [0.29, 0.717) is 12.2 Å². The Morgan fingerprint density at radius 3 is 2.95 bits per heavy atom. The summed E-state index contributed by atoms with van der Waals surface area (Å²) in [5.74, 6) is -0.178. The fraction of sp³-hybridized carbons (Fsp3) is 0.308. The number of anilines is 2. The molecule has 20 heavy (non-hydrogen) atoms. The smallest absolute Gasteiger partial charge is 0.337 e. The predicted molar refractivity (Wildman–Crippen MR) is 75.7 cm³/mol. The highest BCUT2D eigenvalue weighted by Crippen LogP contribution is 2.22. The van der Waals surface area contributed by atoms with Crippen molar-refractivity contribution in [3.63, 3.8) is 0 Å². The maximum atomic E-state index is 11.1. The molecule has 0 unspecified atom stereocenters. The molecule has 2 aromatic rings. The molecule has 0 amide bonds. The number of hydrogen-bond acceptors (Lipinski definition) is 5. The highest BCUT2D eigenvalue weighted by atomic mass is 16.4. The largest absolute Gasteiger partial charge is 0.478 e. The van der Waals surface area contributed by atoms with Crippen LogP contribution >= 0.6 is 0 Å². The second-order valence-corrected chi connectivity index (χ2v) is 4.52. The Morgan fingerprint density at radius 2 is 2.30 bits per heavy atom. The Hall–Kier alpha value is -2.57. The SMILES string of the molecule is Cc1cc(NCCCc2ncn[nH]2)cc(C(=O)O)c1N. The number of nitrogens with one attached hydrogen (secondary N) is 2. The number of carboxylic acids is 1. The van der Waals surface area contributed by atoms with Crippen LogP contribution in [0.15, 0.2) is 18.5 Å². The van der Waals surface area contributed by atoms with Gasteiger partial charge in [0.1, 0.15) is 12.2 Å². The van der Waals surface area contributed by atoms with E-state index < -0.39 is 5.97 Å². The molecule has 0 aliphatic rings. The summed E-state index contributed by atoms with van der Waals surface area (Å²) in [5, 5.41) is 18.8. The van der Waals surface area contributed by atoms with Gasteiger partial charge in [0.15, 0.2) is 0 Å². The van der Waals surface area contributed by atoms with Gasteiger partial charge < -0.3 is 16.2 Å². The molecule has 7 heteroatoms. The highest BCUT2D eigenvalue weighted by molar-refractivity contribution is 5.95. The lowest BCUT2D eigenvalue weighted by molar-refractivity contribution is 0.0698. The average molecular weight is 275 g/mol. The second kappa shape index (κ2) is 6.05. The van der Waals surface area contributed by atoms with Crippen molar-refractivity contribution >= 4 is 17.3 Å². The summed E-state index contributed by atoms with van der Waals surface area (Å²) in [5.41, 5.74) is 7.69. The quantitative estimate of drug-likeness (QED) is 0.468. The van der Waals surface area contributed by atoms with Crippen LogP contribution in [-0.2, 0) is 6.42 Å². The molecule has 0 fully saturated rings. The maximum absolute atomic E-state index is 11.1. The molecule has 2 rings (SSSR count). The van der Waals surface area contributed by atoms with Gasteiger partial charge >= 0.3 is 5.97 Å². The molecule has 1 heterocycles. The predicted octanol–water partition coefficient (Wildman–Crippen LogP) is 1.44. The molecule has 0 saturated heterocycles. The van der Waals surface area contributed by atoms with Crippen LogP contribution in [0.25, 0.3) is 0 Å². The van der Waals surface area contributed by atoms with Gasteiger partial charge in [-0.2, -0.15) is 5.10 Å². The number of benzene rings is 1. The van der Waals surface area contributed by atoms with Gasteiger partial charge in [0.05, 0.1) is 5.56 Å². The second-order valence-electron chi connectivity index (χ2n) is 4.52. The lowest BCUT2D eigenvalue weighted by Gasteiger charge is -2.11. The number of hydrogen-bond donors (Lipinski definition) is 4. The number of aromatic carboxylic acids is 1. The van der Waals surface area contributed by atoms with Crippen LogP contribution in [0.4, 0.5) is 11.4 Å². The van der Waals surface area contributed by atoms with E-state index in [9.17, 15) is 4.79 Å². The number of carbonyl (C=O) groups is 1. The van der Waals surface area contributed by atoms with Crippen molar-refractivity contribution in [2.45, 2.75) is 19.8 Å². The third kappa shape index (κ3) is 3.25. The molecule has 5 N–H and O–H groups in total. The molecule has 0 saturated carbocycles. The maximum Gasteiger partial charge on any atom is 0.337 e. The third-order valence-corrected chi connectivity index (χ3v) is 3.00. The number of nitrogens with two attached hydrogens (primary N) is 1. The average Bonchev–Trinajstić information content (AvgIpc) is 2.91. The van der Waals surface area contributed by atoms with Crippen LogP contribution in [0.1, 0.15) is 28.2 Å². The number of nitrogen functional groups attached to an aromatic ring is 1. The summed E-state index contributed by atoms with van der Waals surface area (Å²) >= 11 is 0. The lowest BCUT2D eigenvalue weighted by atomic mass is 10.1. The van der Waals surface area contributed by atoms with E-state index in [0.717, 1.165) is 29.9 Å². The van der Waals surface area contributed by atoms with Crippen molar-refractivity contribution in [2.24, 2.45) is 0 Å². The fourth-order valence-corrected chi connectivity index (χ4v) is 1.92. The Morgan fingerprint density at radius 1 is 1.50 bits per heavy atom. The van der Waals surface area contributed by atoms with Crippen molar-refractivity contribution in [3.8, 4) is 0 Å². The van der Waals surface area contributed by atoms with E-state index >= 15 is 0 Å². The zero-order chi connectivity index (χ0) is 14.5. The van der Waals surface area contributed by atoms with E-state index in [-0.39, 0.29) is 5.56 Å². The monoisotopic (exact) mass is 275 g/mol. The standard InChI is InChI=1S/C13H17N5O2/c1-8-5-9(6-10(12(8)14)13(19)20)15-4-2-3-11-16-7-17-18-11/h5-7,15H,2-4,14H2,1H3,(H,19,20)(H,16,17,18). The molecule has 0 aliphatic heterocycles. The van der Waals surface area contributed by atoms with Gasteiger partial charge in [-0.05, 0) is 31.0 Å². The first-order chi connectivity index (χ1) is 9.58. The Kier molecular flexibility index (Phi) is 4.19. The Labute approximate surface area is 116 Å². The Balaban J connectivity index is 1.94. The van der Waals surface area contributed by atoms with Crippen LogP contribution in [0.3, 0.4) is 0 Å². The van der Waals surface area contributed by atoms with E-state index in [2.05, 4.69) is 20.5 Å². The molecule has 0 spiro atoms. The van der Waals surface area contributed by atoms with Crippen LogP contribution in [0.5, 0.6) is 0 Å². The van der Waals surface area contributed by atoms with E-state index in [1.54, 1.807) is 13.0 Å². The molecule has 1 aromatic heterocycles. The third-order valence-electron chi connectivity index (χ3n) is 3.00. The number of rotatable bonds is 6. The summed E-state index contributed by atoms with van der Waals surface area (Å²) in [6, 6.07) is 3.40. The van der Waals surface area contributed by atoms with Crippen LogP contribution in [0, 0.1) is 6.92 Å². The first kappa shape index (κ1) is 13.9. The molecular formula is C13H17N5O2. The minimum atomic E-state index is -1.02. The minimum Gasteiger partial charge on any atom is -0.478 e. The van der Waals surface area contributed by atoms with E-state index in [1.165, 1.54) is 6.33 Å². The van der Waals surface area contributed by atoms with Crippen LogP contribution in [0.2, 0.25) is 0 Å². The normalized spacial score (nSPS) is 10.4. The van der Waals surface area contributed by atoms with Gasteiger partial charge in [-0.15, -0.1) is 0 Å². The first-order valence-corrected chi connectivity index (χ1v) is 6.29. The van der Waals surface area contributed by atoms with Crippen molar-refractivity contribution in [2.75, 3.05) is 17.6 Å². The number of aryl methyl sites for hydroxylation is 2. The van der Waals surface area contributed by atoms with Crippen molar-refractivity contribution < 1.29 is 9.90 Å². The number of aromatic nitrogens is 3. The summed E-state index contributed by atoms with van der Waals surface area (Å²) in [4.78, 5) is 15.1. The van der Waals surface area contributed by atoms with Crippen molar-refractivity contribution in [1.29, 1.82) is 0 Å². The van der Waals surface area contributed by atoms with E-state index in [1.807, 2.05) is 6.07 Å². The molecule has 0 radical (unpaired) electrons. The van der Waals surface area contributed by atoms with Gasteiger partial charge in [0.25, 0.3) is 0 Å². The zero-order valence-corrected chi connectivity index (χ0v) is 11.2. The number of H-pyrrole nitrogens is 1. The Bertz CT molecular complexity index is 595. The van der Waals surface area contributed by atoms with Crippen molar-refractivity contribution in [1.82, 2.24) is 15.2 Å². The zero-order valence-electron chi connectivity index (χ0n) is 11.2. The molecule has 7 nitrogen and oxygen atoms in total. The molecule has 0 aliphatic carbocycles. The lowest BCUT2D eigenvalue weighted by Crippen LogP contribution is -2.08. The van der Waals surface area contributed by atoms with Gasteiger partial charge in [-0.3, -0.25) is 5.10 Å². The summed E-state index contributed by atoms with van der Waals surface area (Å²) in [6.07, 6.45) is 3.12. The summed E-state index contributed by atoms with van der Waals surface area (Å²) in [7, 11) is 0.